The average Bonchev–Trinajstić information content (AvgIpc) is 2.19. The van der Waals surface area contributed by atoms with Crippen LogP contribution in [0.15, 0.2) is 18.3 Å². The summed E-state index contributed by atoms with van der Waals surface area (Å²) in [5.74, 6) is 0. The highest BCUT2D eigenvalue weighted by atomic mass is 35.5. The molecule has 0 saturated carbocycles. The minimum atomic E-state index is 0.388. The molecule has 1 aliphatic rings. The first-order valence-electron chi connectivity index (χ1n) is 4.79. The molecule has 1 aromatic rings. The van der Waals surface area contributed by atoms with Crippen LogP contribution >= 0.6 is 11.6 Å². The van der Waals surface area contributed by atoms with E-state index in [1.165, 1.54) is 5.56 Å². The average molecular weight is 212 g/mol. The summed E-state index contributed by atoms with van der Waals surface area (Å²) in [4.78, 5) is 6.40. The molecule has 0 bridgehead atoms. The van der Waals surface area contributed by atoms with Gasteiger partial charge in [-0.1, -0.05) is 17.7 Å². The summed E-state index contributed by atoms with van der Waals surface area (Å²) in [5.41, 5.74) is 1.21. The number of piperazine rings is 1. The van der Waals surface area contributed by atoms with Gasteiger partial charge in [0.15, 0.2) is 0 Å². The highest BCUT2D eigenvalue weighted by molar-refractivity contribution is 6.29. The maximum atomic E-state index is 5.74. The van der Waals surface area contributed by atoms with Crippen LogP contribution in [0.3, 0.4) is 0 Å². The fourth-order valence-electron chi connectivity index (χ4n) is 1.71. The van der Waals surface area contributed by atoms with Crippen molar-refractivity contribution in [3.05, 3.63) is 29.0 Å². The van der Waals surface area contributed by atoms with Gasteiger partial charge in [-0.25, -0.2) is 4.98 Å². The van der Waals surface area contributed by atoms with Gasteiger partial charge < -0.3 is 10.2 Å². The lowest BCUT2D eigenvalue weighted by atomic mass is 10.1. The molecule has 14 heavy (non-hydrogen) atoms. The first kappa shape index (κ1) is 9.90. The predicted octanol–water partition coefficient (Wildman–Crippen LogP) is 1.31. The van der Waals surface area contributed by atoms with Gasteiger partial charge in [0.05, 0.1) is 0 Å². The Labute approximate surface area is 89.1 Å². The van der Waals surface area contributed by atoms with Crippen molar-refractivity contribution < 1.29 is 0 Å². The van der Waals surface area contributed by atoms with Gasteiger partial charge in [0, 0.05) is 31.9 Å². The van der Waals surface area contributed by atoms with E-state index in [4.69, 9.17) is 11.6 Å². The summed E-state index contributed by atoms with van der Waals surface area (Å²) in [5, 5.41) is 4.01. The van der Waals surface area contributed by atoms with Crippen molar-refractivity contribution in [3.63, 3.8) is 0 Å². The summed E-state index contributed by atoms with van der Waals surface area (Å²) in [7, 11) is 2.14. The van der Waals surface area contributed by atoms with Crippen molar-refractivity contribution in [1.29, 1.82) is 0 Å². The number of nitrogens with zero attached hydrogens (tertiary/aromatic N) is 2. The molecule has 0 aliphatic carbocycles. The fourth-order valence-corrected chi connectivity index (χ4v) is 1.83. The van der Waals surface area contributed by atoms with E-state index in [2.05, 4.69) is 22.2 Å². The Hall–Kier alpha value is -0.640. The van der Waals surface area contributed by atoms with Crippen LogP contribution in [0.5, 0.6) is 0 Å². The monoisotopic (exact) mass is 211 g/mol. The van der Waals surface area contributed by atoms with E-state index in [1.807, 2.05) is 18.3 Å². The fraction of sp³-hybridized carbons (Fsp3) is 0.500. The van der Waals surface area contributed by atoms with Gasteiger partial charge in [0.1, 0.15) is 5.15 Å². The highest BCUT2D eigenvalue weighted by Crippen LogP contribution is 2.16. The van der Waals surface area contributed by atoms with E-state index in [-0.39, 0.29) is 0 Å². The molecule has 1 aliphatic heterocycles. The molecule has 1 fully saturated rings. The van der Waals surface area contributed by atoms with Crippen molar-refractivity contribution >= 4 is 11.6 Å². The van der Waals surface area contributed by atoms with Gasteiger partial charge in [-0.2, -0.15) is 0 Å². The molecule has 1 saturated heterocycles. The van der Waals surface area contributed by atoms with Crippen molar-refractivity contribution in [1.82, 2.24) is 15.2 Å². The highest BCUT2D eigenvalue weighted by Gasteiger charge is 2.17. The summed E-state index contributed by atoms with van der Waals surface area (Å²) < 4.78 is 0. The van der Waals surface area contributed by atoms with Crippen LogP contribution in [-0.4, -0.2) is 36.6 Å². The van der Waals surface area contributed by atoms with Gasteiger partial charge in [-0.15, -0.1) is 0 Å². The number of rotatable bonds is 1. The van der Waals surface area contributed by atoms with Crippen LogP contribution in [0, 0.1) is 0 Å². The van der Waals surface area contributed by atoms with Crippen LogP contribution in [-0.2, 0) is 0 Å². The lowest BCUT2D eigenvalue weighted by Crippen LogP contribution is -2.43. The Morgan fingerprint density at radius 2 is 2.43 bits per heavy atom. The molecule has 2 heterocycles. The number of hydrogen-bond donors (Lipinski definition) is 1. The molecule has 1 atom stereocenters. The Bertz CT molecular complexity index is 299. The zero-order valence-corrected chi connectivity index (χ0v) is 8.96. The molecule has 3 nitrogen and oxygen atoms in total. The number of halogens is 1. The van der Waals surface area contributed by atoms with Gasteiger partial charge in [-0.05, 0) is 18.7 Å². The van der Waals surface area contributed by atoms with E-state index in [1.54, 1.807) is 0 Å². The molecule has 4 heteroatoms. The SMILES string of the molecule is CN1CCNC(c2ccc(Cl)nc2)C1. The van der Waals surface area contributed by atoms with Crippen LogP contribution in [0.4, 0.5) is 0 Å². The Morgan fingerprint density at radius 1 is 1.57 bits per heavy atom. The van der Waals surface area contributed by atoms with Gasteiger partial charge in [0.25, 0.3) is 0 Å². The van der Waals surface area contributed by atoms with Crippen LogP contribution < -0.4 is 5.32 Å². The number of hydrogen-bond acceptors (Lipinski definition) is 3. The first-order valence-corrected chi connectivity index (χ1v) is 5.17. The maximum absolute atomic E-state index is 5.74. The summed E-state index contributed by atoms with van der Waals surface area (Å²) in [6.45, 7) is 3.17. The van der Waals surface area contributed by atoms with Crippen molar-refractivity contribution in [2.24, 2.45) is 0 Å². The van der Waals surface area contributed by atoms with Crippen molar-refractivity contribution in [2.45, 2.75) is 6.04 Å². The minimum Gasteiger partial charge on any atom is -0.308 e. The molecule has 2 rings (SSSR count). The molecule has 0 aromatic carbocycles. The predicted molar refractivity (Wildman–Crippen MR) is 57.5 cm³/mol. The molecular formula is C10H14ClN3. The van der Waals surface area contributed by atoms with Gasteiger partial charge >= 0.3 is 0 Å². The van der Waals surface area contributed by atoms with Gasteiger partial charge in [-0.3, -0.25) is 0 Å². The topological polar surface area (TPSA) is 28.2 Å². The van der Waals surface area contributed by atoms with Crippen LogP contribution in [0.1, 0.15) is 11.6 Å². The third kappa shape index (κ3) is 2.23. The lowest BCUT2D eigenvalue weighted by Gasteiger charge is -2.30. The number of nitrogens with one attached hydrogen (secondary N) is 1. The van der Waals surface area contributed by atoms with E-state index in [0.29, 0.717) is 11.2 Å². The Balaban J connectivity index is 2.10. The second-order valence-corrected chi connectivity index (χ2v) is 4.07. The molecule has 0 radical (unpaired) electrons. The third-order valence-electron chi connectivity index (χ3n) is 2.53. The largest absolute Gasteiger partial charge is 0.308 e. The van der Waals surface area contributed by atoms with Crippen molar-refractivity contribution in [2.75, 3.05) is 26.7 Å². The van der Waals surface area contributed by atoms with E-state index < -0.39 is 0 Å². The maximum Gasteiger partial charge on any atom is 0.129 e. The zero-order valence-electron chi connectivity index (χ0n) is 8.20. The molecule has 1 N–H and O–H groups in total. The Morgan fingerprint density at radius 3 is 3.07 bits per heavy atom. The quantitative estimate of drug-likeness (QED) is 0.711. The Kier molecular flexibility index (Phi) is 3.01. The molecule has 1 unspecified atom stereocenters. The van der Waals surface area contributed by atoms with Crippen LogP contribution in [0.2, 0.25) is 5.15 Å². The van der Waals surface area contributed by atoms with Gasteiger partial charge in [0.2, 0.25) is 0 Å². The number of likely N-dealkylation sites (N-methyl/N-ethyl adjacent to an activating group) is 1. The smallest absolute Gasteiger partial charge is 0.129 e. The summed E-state index contributed by atoms with van der Waals surface area (Å²) in [6, 6.07) is 4.26. The first-order chi connectivity index (χ1) is 6.75. The molecule has 1 aromatic heterocycles. The van der Waals surface area contributed by atoms with E-state index >= 15 is 0 Å². The number of pyridine rings is 1. The molecule has 0 amide bonds. The molecule has 76 valence electrons. The summed E-state index contributed by atoms with van der Waals surface area (Å²) >= 11 is 5.74. The zero-order chi connectivity index (χ0) is 9.97. The second-order valence-electron chi connectivity index (χ2n) is 3.68. The molecular weight excluding hydrogens is 198 g/mol. The molecule has 0 spiro atoms. The number of aromatic nitrogens is 1. The summed E-state index contributed by atoms with van der Waals surface area (Å²) in [6.07, 6.45) is 1.85. The van der Waals surface area contributed by atoms with E-state index in [9.17, 15) is 0 Å². The van der Waals surface area contributed by atoms with Crippen molar-refractivity contribution in [3.8, 4) is 0 Å². The van der Waals surface area contributed by atoms with Crippen LogP contribution in [0.25, 0.3) is 0 Å². The second kappa shape index (κ2) is 4.26. The minimum absolute atomic E-state index is 0.388. The lowest BCUT2D eigenvalue weighted by molar-refractivity contribution is 0.240. The normalized spacial score (nSPS) is 23.7. The standard InChI is InChI=1S/C10H14ClN3/c1-14-5-4-12-9(7-14)8-2-3-10(11)13-6-8/h2-3,6,9,12H,4-5,7H2,1H3. The van der Waals surface area contributed by atoms with E-state index in [0.717, 1.165) is 19.6 Å². The third-order valence-corrected chi connectivity index (χ3v) is 2.75.